The van der Waals surface area contributed by atoms with Gasteiger partial charge >= 0.3 is 0 Å². The molecule has 2 aromatic carbocycles. The van der Waals surface area contributed by atoms with Gasteiger partial charge in [-0.15, -0.1) is 0 Å². The van der Waals surface area contributed by atoms with Gasteiger partial charge in [0, 0.05) is 29.4 Å². The first-order valence-corrected chi connectivity index (χ1v) is 8.94. The van der Waals surface area contributed by atoms with Gasteiger partial charge in [0.05, 0.1) is 21.7 Å². The zero-order valence-electron chi connectivity index (χ0n) is 15.7. The fourth-order valence-electron chi connectivity index (χ4n) is 3.14. The van der Waals surface area contributed by atoms with Crippen molar-refractivity contribution in [2.75, 3.05) is 11.9 Å². The number of nitro benzene ring substituents is 1. The van der Waals surface area contributed by atoms with Gasteiger partial charge in [-0.05, 0) is 24.3 Å². The molecule has 1 aliphatic rings. The molecule has 0 fully saturated rings. The van der Waals surface area contributed by atoms with E-state index in [1.54, 1.807) is 24.3 Å². The van der Waals surface area contributed by atoms with Crippen molar-refractivity contribution in [3.63, 3.8) is 0 Å². The van der Waals surface area contributed by atoms with E-state index < -0.39 is 29.2 Å². The third-order valence-corrected chi connectivity index (χ3v) is 4.59. The van der Waals surface area contributed by atoms with E-state index in [-0.39, 0.29) is 22.4 Å². The fraction of sp³-hybridized carbons (Fsp3) is 0.0500. The highest BCUT2D eigenvalue weighted by Crippen LogP contribution is 2.27. The number of H-pyrrole nitrogens is 1. The molecule has 0 spiro atoms. The molecular formula is C20H13N5O6. The molecular weight excluding hydrogens is 406 g/mol. The first-order valence-electron chi connectivity index (χ1n) is 8.94. The predicted octanol–water partition coefficient (Wildman–Crippen LogP) is 1.58. The second-order valence-corrected chi connectivity index (χ2v) is 6.62. The fourth-order valence-corrected chi connectivity index (χ4v) is 3.14. The Balaban J connectivity index is 1.49. The molecule has 3 aromatic rings. The number of nitrogens with zero attached hydrogens (tertiary/aromatic N) is 3. The van der Waals surface area contributed by atoms with Crippen molar-refractivity contribution < 1.29 is 19.3 Å². The van der Waals surface area contributed by atoms with Crippen LogP contribution in [0.3, 0.4) is 0 Å². The van der Waals surface area contributed by atoms with E-state index in [1.165, 1.54) is 18.2 Å². The highest BCUT2D eigenvalue weighted by atomic mass is 16.6. The van der Waals surface area contributed by atoms with Crippen molar-refractivity contribution in [3.8, 4) is 11.3 Å². The maximum Gasteiger partial charge on any atom is 0.270 e. The molecule has 31 heavy (non-hydrogen) atoms. The summed E-state index contributed by atoms with van der Waals surface area (Å²) >= 11 is 0. The van der Waals surface area contributed by atoms with Crippen LogP contribution in [0.5, 0.6) is 0 Å². The Morgan fingerprint density at radius 1 is 1.03 bits per heavy atom. The number of imide groups is 1. The number of anilines is 1. The van der Waals surface area contributed by atoms with Crippen LogP contribution in [0.1, 0.15) is 20.7 Å². The lowest BCUT2D eigenvalue weighted by atomic mass is 10.1. The minimum Gasteiger partial charge on any atom is -0.325 e. The SMILES string of the molecule is O=C(CN1C(=O)c2ccc([N+](=O)[O-])cc2C1=O)Nc1cccc(-c2ccc(=O)[nH]n2)c1. The summed E-state index contributed by atoms with van der Waals surface area (Å²) in [6, 6.07) is 12.8. The van der Waals surface area contributed by atoms with E-state index in [4.69, 9.17) is 0 Å². The number of non-ortho nitro benzene ring substituents is 1. The zero-order chi connectivity index (χ0) is 22.1. The minimum absolute atomic E-state index is 0.00883. The van der Waals surface area contributed by atoms with Crippen molar-refractivity contribution in [1.82, 2.24) is 15.1 Å². The molecule has 154 valence electrons. The van der Waals surface area contributed by atoms with Gasteiger partial charge in [-0.3, -0.25) is 34.2 Å². The molecule has 4 rings (SSSR count). The van der Waals surface area contributed by atoms with Gasteiger partial charge in [-0.25, -0.2) is 5.10 Å². The Morgan fingerprint density at radius 2 is 1.81 bits per heavy atom. The molecule has 3 amide bonds. The smallest absolute Gasteiger partial charge is 0.270 e. The average Bonchev–Trinajstić information content (AvgIpc) is 2.98. The van der Waals surface area contributed by atoms with Crippen molar-refractivity contribution in [1.29, 1.82) is 0 Å². The lowest BCUT2D eigenvalue weighted by Crippen LogP contribution is -2.37. The second kappa shape index (κ2) is 7.63. The molecule has 11 nitrogen and oxygen atoms in total. The van der Waals surface area contributed by atoms with Crippen LogP contribution in [-0.2, 0) is 4.79 Å². The second-order valence-electron chi connectivity index (χ2n) is 6.62. The lowest BCUT2D eigenvalue weighted by Gasteiger charge is -2.14. The Kier molecular flexibility index (Phi) is 4.83. The van der Waals surface area contributed by atoms with Gasteiger partial charge in [0.25, 0.3) is 23.1 Å². The molecule has 0 saturated heterocycles. The van der Waals surface area contributed by atoms with Crippen molar-refractivity contribution in [3.05, 3.63) is 86.2 Å². The van der Waals surface area contributed by atoms with E-state index in [9.17, 15) is 29.3 Å². The largest absolute Gasteiger partial charge is 0.325 e. The van der Waals surface area contributed by atoms with Crippen LogP contribution in [0.15, 0.2) is 59.4 Å². The van der Waals surface area contributed by atoms with E-state index in [0.29, 0.717) is 16.9 Å². The summed E-state index contributed by atoms with van der Waals surface area (Å²) < 4.78 is 0. The van der Waals surface area contributed by atoms with E-state index in [2.05, 4.69) is 15.5 Å². The Bertz CT molecular complexity index is 1290. The number of nitrogens with one attached hydrogen (secondary N) is 2. The first-order chi connectivity index (χ1) is 14.8. The van der Waals surface area contributed by atoms with Gasteiger partial charge in [0.15, 0.2) is 0 Å². The lowest BCUT2D eigenvalue weighted by molar-refractivity contribution is -0.384. The monoisotopic (exact) mass is 419 g/mol. The molecule has 0 aliphatic carbocycles. The molecule has 2 heterocycles. The van der Waals surface area contributed by atoms with Crippen LogP contribution < -0.4 is 10.9 Å². The summed E-state index contributed by atoms with van der Waals surface area (Å²) in [4.78, 5) is 59.5. The number of hydrogen-bond acceptors (Lipinski definition) is 7. The molecule has 2 N–H and O–H groups in total. The number of aromatic nitrogens is 2. The van der Waals surface area contributed by atoms with Crippen LogP contribution in [0, 0.1) is 10.1 Å². The number of carbonyl (C=O) groups is 3. The molecule has 11 heteroatoms. The molecule has 0 radical (unpaired) electrons. The molecule has 1 aliphatic heterocycles. The number of benzene rings is 2. The van der Waals surface area contributed by atoms with E-state index in [1.807, 2.05) is 0 Å². The third-order valence-electron chi connectivity index (χ3n) is 4.59. The Morgan fingerprint density at radius 3 is 2.52 bits per heavy atom. The van der Waals surface area contributed by atoms with Gasteiger partial charge in [-0.2, -0.15) is 5.10 Å². The number of amides is 3. The molecule has 1 aromatic heterocycles. The summed E-state index contributed by atoms with van der Waals surface area (Å²) in [5.41, 5.74) is 0.730. The van der Waals surface area contributed by atoms with Crippen LogP contribution in [0.25, 0.3) is 11.3 Å². The Hall–Kier alpha value is -4.67. The standard InChI is InChI=1S/C20H13N5O6/c26-17-7-6-16(22-23-17)11-2-1-3-12(8-11)21-18(27)10-24-19(28)14-5-4-13(25(30)31)9-15(14)20(24)29/h1-9H,10H2,(H,21,27)(H,23,26). The van der Waals surface area contributed by atoms with Gasteiger partial charge in [0.2, 0.25) is 5.91 Å². The predicted molar refractivity (Wildman–Crippen MR) is 107 cm³/mol. The average molecular weight is 419 g/mol. The van der Waals surface area contributed by atoms with E-state index >= 15 is 0 Å². The summed E-state index contributed by atoms with van der Waals surface area (Å²) in [7, 11) is 0. The van der Waals surface area contributed by atoms with Crippen LogP contribution in [0.2, 0.25) is 0 Å². The van der Waals surface area contributed by atoms with E-state index in [0.717, 1.165) is 17.0 Å². The number of hydrogen-bond donors (Lipinski definition) is 2. The van der Waals surface area contributed by atoms with Gasteiger partial charge in [-0.1, -0.05) is 12.1 Å². The molecule has 0 bridgehead atoms. The quantitative estimate of drug-likeness (QED) is 0.361. The highest BCUT2D eigenvalue weighted by molar-refractivity contribution is 6.23. The van der Waals surface area contributed by atoms with Crippen LogP contribution >= 0.6 is 0 Å². The van der Waals surface area contributed by atoms with Crippen molar-refractivity contribution >= 4 is 29.1 Å². The minimum atomic E-state index is -0.773. The van der Waals surface area contributed by atoms with Crippen LogP contribution in [0.4, 0.5) is 11.4 Å². The summed E-state index contributed by atoms with van der Waals surface area (Å²) in [6.07, 6.45) is 0. The summed E-state index contributed by atoms with van der Waals surface area (Å²) in [6.45, 7) is -0.554. The third kappa shape index (κ3) is 3.79. The molecule has 0 unspecified atom stereocenters. The highest BCUT2D eigenvalue weighted by Gasteiger charge is 2.37. The number of fused-ring (bicyclic) bond motifs is 1. The van der Waals surface area contributed by atoms with Crippen molar-refractivity contribution in [2.24, 2.45) is 0 Å². The Labute approximate surface area is 173 Å². The molecule has 0 atom stereocenters. The number of rotatable bonds is 5. The van der Waals surface area contributed by atoms with Gasteiger partial charge in [0.1, 0.15) is 6.54 Å². The van der Waals surface area contributed by atoms with Crippen molar-refractivity contribution in [2.45, 2.75) is 0 Å². The maximum atomic E-state index is 12.5. The van der Waals surface area contributed by atoms with Crippen LogP contribution in [-0.4, -0.2) is 44.3 Å². The normalized spacial score (nSPS) is 12.6. The topological polar surface area (TPSA) is 155 Å². The molecule has 0 saturated carbocycles. The summed E-state index contributed by atoms with van der Waals surface area (Å²) in [5, 5.41) is 19.7. The maximum absolute atomic E-state index is 12.5. The van der Waals surface area contributed by atoms with Gasteiger partial charge < -0.3 is 5.32 Å². The summed E-state index contributed by atoms with van der Waals surface area (Å²) in [5.74, 6) is -2.10. The first kappa shape index (κ1) is 19.6. The number of nitro groups is 1. The zero-order valence-corrected chi connectivity index (χ0v) is 15.7. The number of carbonyl (C=O) groups excluding carboxylic acids is 3. The number of aromatic amines is 1.